The van der Waals surface area contributed by atoms with Crippen LogP contribution in [-0.2, 0) is 19.2 Å². The molecule has 1 atom stereocenters. The van der Waals surface area contributed by atoms with Gasteiger partial charge in [0.2, 0.25) is 11.8 Å². The quantitative estimate of drug-likeness (QED) is 0.268. The zero-order valence-electron chi connectivity index (χ0n) is 14.8. The molecule has 2 amide bonds. The van der Waals surface area contributed by atoms with Gasteiger partial charge in [-0.3, -0.25) is 9.59 Å². The highest BCUT2D eigenvalue weighted by Gasteiger charge is 2.38. The van der Waals surface area contributed by atoms with Crippen LogP contribution in [0.3, 0.4) is 0 Å². The van der Waals surface area contributed by atoms with Crippen molar-refractivity contribution in [3.8, 4) is 0 Å². The van der Waals surface area contributed by atoms with E-state index in [1.54, 1.807) is 18.2 Å². The highest BCUT2D eigenvalue weighted by molar-refractivity contribution is 5.95. The van der Waals surface area contributed by atoms with Crippen LogP contribution in [0.25, 0.3) is 6.08 Å². The van der Waals surface area contributed by atoms with E-state index in [-0.39, 0.29) is 12.8 Å². The molecule has 1 aromatic carbocycles. The molecule has 0 aliphatic heterocycles. The third kappa shape index (κ3) is 10.8. The zero-order valence-corrected chi connectivity index (χ0v) is 14.8. The number of aliphatic carboxylic acids is 2. The van der Waals surface area contributed by atoms with E-state index in [1.807, 2.05) is 0 Å². The van der Waals surface area contributed by atoms with Gasteiger partial charge in [-0.15, -0.1) is 0 Å². The smallest absolute Gasteiger partial charge is 0.480 e. The Balaban J connectivity index is 0.000000956. The van der Waals surface area contributed by atoms with Gasteiger partial charge in [0.1, 0.15) is 6.04 Å². The number of carboxylic acid groups (broad SMARTS) is 2. The number of hydrogen-bond donors (Lipinski definition) is 6. The van der Waals surface area contributed by atoms with Gasteiger partial charge in [-0.2, -0.15) is 13.2 Å². The summed E-state index contributed by atoms with van der Waals surface area (Å²) in [6.45, 7) is 0. The highest BCUT2D eigenvalue weighted by Crippen LogP contribution is 2.17. The monoisotopic (exact) mass is 420 g/mol. The molecular formula is C16H19F3N4O6. The van der Waals surface area contributed by atoms with Crippen molar-refractivity contribution in [1.29, 1.82) is 0 Å². The SMILES string of the molecule is NC(=O)CC[C@H](NC(=O)C=Cc1cc(N)ccc1N)C(=O)O.O=C(O)C(F)(F)F. The van der Waals surface area contributed by atoms with E-state index in [2.05, 4.69) is 5.32 Å². The molecule has 13 heteroatoms. The molecule has 0 saturated carbocycles. The number of hydrogen-bond acceptors (Lipinski definition) is 6. The van der Waals surface area contributed by atoms with Crippen molar-refractivity contribution in [2.75, 3.05) is 11.5 Å². The first-order valence-corrected chi connectivity index (χ1v) is 7.68. The predicted molar refractivity (Wildman–Crippen MR) is 96.0 cm³/mol. The molecule has 0 fully saturated rings. The summed E-state index contributed by atoms with van der Waals surface area (Å²) in [4.78, 5) is 42.3. The lowest BCUT2D eigenvalue weighted by Crippen LogP contribution is -2.40. The highest BCUT2D eigenvalue weighted by atomic mass is 19.4. The van der Waals surface area contributed by atoms with E-state index in [1.165, 1.54) is 6.08 Å². The summed E-state index contributed by atoms with van der Waals surface area (Å²) in [5.41, 5.74) is 17.7. The first-order valence-electron chi connectivity index (χ1n) is 7.68. The minimum absolute atomic E-state index is 0.0787. The maximum Gasteiger partial charge on any atom is 0.490 e. The van der Waals surface area contributed by atoms with Crippen LogP contribution >= 0.6 is 0 Å². The summed E-state index contributed by atoms with van der Waals surface area (Å²) in [6.07, 6.45) is -2.73. The van der Waals surface area contributed by atoms with Crippen LogP contribution in [0.5, 0.6) is 0 Å². The minimum atomic E-state index is -5.08. The second-order valence-electron chi connectivity index (χ2n) is 5.43. The average molecular weight is 420 g/mol. The third-order valence-corrected chi connectivity index (χ3v) is 3.06. The summed E-state index contributed by atoms with van der Waals surface area (Å²) in [7, 11) is 0. The number of carbonyl (C=O) groups is 4. The predicted octanol–water partition coefficient (Wildman–Crippen LogP) is 0.332. The molecule has 1 rings (SSSR count). The molecule has 10 nitrogen and oxygen atoms in total. The summed E-state index contributed by atoms with van der Waals surface area (Å²) in [6, 6.07) is 3.61. The molecule has 0 aliphatic rings. The number of carboxylic acids is 2. The molecule has 0 radical (unpaired) electrons. The second-order valence-corrected chi connectivity index (χ2v) is 5.43. The van der Waals surface area contributed by atoms with Crippen LogP contribution in [0.4, 0.5) is 24.5 Å². The van der Waals surface area contributed by atoms with Gasteiger partial charge in [0.15, 0.2) is 0 Å². The second kappa shape index (κ2) is 11.2. The zero-order chi connectivity index (χ0) is 22.8. The minimum Gasteiger partial charge on any atom is -0.480 e. The first kappa shape index (κ1) is 25.2. The summed E-state index contributed by atoms with van der Waals surface area (Å²) in [5.74, 6) is -5.26. The van der Waals surface area contributed by atoms with Crippen LogP contribution in [0.1, 0.15) is 18.4 Å². The first-order chi connectivity index (χ1) is 13.2. The summed E-state index contributed by atoms with van der Waals surface area (Å²) >= 11 is 0. The molecule has 0 saturated heterocycles. The number of alkyl halides is 3. The topological polar surface area (TPSA) is 199 Å². The number of carbonyl (C=O) groups excluding carboxylic acids is 2. The Labute approximate surface area is 162 Å². The Morgan fingerprint density at radius 3 is 2.14 bits per heavy atom. The van der Waals surface area contributed by atoms with Crippen LogP contribution in [0.15, 0.2) is 24.3 Å². The molecule has 29 heavy (non-hydrogen) atoms. The maximum atomic E-state index is 11.7. The number of halogens is 3. The van der Waals surface area contributed by atoms with Gasteiger partial charge in [0, 0.05) is 23.9 Å². The van der Waals surface area contributed by atoms with Gasteiger partial charge in [-0.1, -0.05) is 0 Å². The van der Waals surface area contributed by atoms with Crippen LogP contribution in [0, 0.1) is 0 Å². The van der Waals surface area contributed by atoms with Crippen molar-refractivity contribution >= 4 is 41.2 Å². The van der Waals surface area contributed by atoms with Crippen LogP contribution in [0.2, 0.25) is 0 Å². The molecule has 9 N–H and O–H groups in total. The Bertz CT molecular complexity index is 795. The van der Waals surface area contributed by atoms with Crippen molar-refractivity contribution in [1.82, 2.24) is 5.32 Å². The number of benzene rings is 1. The standard InChI is InChI=1S/C14H18N4O4.C2HF3O2/c15-9-2-3-10(16)8(7-9)1-6-13(20)18-11(14(21)22)4-5-12(17)19;3-2(4,5)1(6)7/h1-3,6-7,11H,4-5,15-16H2,(H2,17,19)(H,18,20)(H,21,22);(H,6,7)/t11-;/m0./s1. The van der Waals surface area contributed by atoms with E-state index < -0.39 is 36.0 Å². The average Bonchev–Trinajstić information content (AvgIpc) is 2.58. The summed E-state index contributed by atoms with van der Waals surface area (Å²) < 4.78 is 31.7. The van der Waals surface area contributed by atoms with Gasteiger partial charge in [-0.05, 0) is 36.3 Å². The van der Waals surface area contributed by atoms with E-state index in [0.29, 0.717) is 16.9 Å². The van der Waals surface area contributed by atoms with E-state index in [4.69, 9.17) is 32.2 Å². The van der Waals surface area contributed by atoms with E-state index >= 15 is 0 Å². The van der Waals surface area contributed by atoms with Gasteiger partial charge >= 0.3 is 18.1 Å². The van der Waals surface area contributed by atoms with E-state index in [9.17, 15) is 27.6 Å². The lowest BCUT2D eigenvalue weighted by atomic mass is 10.1. The number of primary amides is 1. The van der Waals surface area contributed by atoms with Crippen molar-refractivity contribution in [3.63, 3.8) is 0 Å². The fourth-order valence-electron chi connectivity index (χ4n) is 1.67. The van der Waals surface area contributed by atoms with Gasteiger partial charge in [0.25, 0.3) is 0 Å². The molecular weight excluding hydrogens is 401 g/mol. The van der Waals surface area contributed by atoms with Gasteiger partial charge in [0.05, 0.1) is 0 Å². The molecule has 0 unspecified atom stereocenters. The largest absolute Gasteiger partial charge is 0.490 e. The van der Waals surface area contributed by atoms with Crippen molar-refractivity contribution in [2.45, 2.75) is 25.1 Å². The number of nitrogens with one attached hydrogen (secondary N) is 1. The van der Waals surface area contributed by atoms with Gasteiger partial charge < -0.3 is 32.7 Å². The molecule has 160 valence electrons. The lowest BCUT2D eigenvalue weighted by molar-refractivity contribution is -0.192. The number of nitrogens with two attached hydrogens (primary N) is 3. The van der Waals surface area contributed by atoms with Crippen molar-refractivity contribution < 1.29 is 42.6 Å². The lowest BCUT2D eigenvalue weighted by Gasteiger charge is -2.12. The summed E-state index contributed by atoms with van der Waals surface area (Å²) in [5, 5.41) is 18.4. The molecule has 1 aromatic rings. The van der Waals surface area contributed by atoms with E-state index in [0.717, 1.165) is 6.08 Å². The number of rotatable bonds is 7. The maximum absolute atomic E-state index is 11.7. The number of amides is 2. The Kier molecular flexibility index (Phi) is 9.71. The fourth-order valence-corrected chi connectivity index (χ4v) is 1.67. The molecule has 0 spiro atoms. The number of nitrogen functional groups attached to an aromatic ring is 2. The Hall–Kier alpha value is -3.77. The van der Waals surface area contributed by atoms with Crippen molar-refractivity contribution in [3.05, 3.63) is 29.8 Å². The molecule has 0 aromatic heterocycles. The Morgan fingerprint density at radius 1 is 1.14 bits per heavy atom. The molecule has 0 heterocycles. The fraction of sp³-hybridized carbons (Fsp3) is 0.250. The molecule has 0 bridgehead atoms. The van der Waals surface area contributed by atoms with Crippen LogP contribution < -0.4 is 22.5 Å². The normalized spacial score (nSPS) is 11.8. The molecule has 0 aliphatic carbocycles. The Morgan fingerprint density at radius 2 is 1.69 bits per heavy atom. The van der Waals surface area contributed by atoms with Gasteiger partial charge in [-0.25, -0.2) is 9.59 Å². The van der Waals surface area contributed by atoms with Crippen molar-refractivity contribution in [2.24, 2.45) is 5.73 Å². The third-order valence-electron chi connectivity index (χ3n) is 3.06. The number of anilines is 2. The van der Waals surface area contributed by atoms with Crippen LogP contribution in [-0.4, -0.2) is 46.2 Å².